The second-order valence-corrected chi connectivity index (χ2v) is 6.71. The average molecular weight is 458 g/mol. The second kappa shape index (κ2) is 9.96. The number of carbonyl (C=O) groups excluding carboxylic acids is 1. The Balaban J connectivity index is 2.01. The molecule has 10 nitrogen and oxygen atoms in total. The highest BCUT2D eigenvalue weighted by atomic mass is 32.1. The van der Waals surface area contributed by atoms with E-state index in [1.165, 1.54) is 40.0 Å². The molecule has 0 bridgehead atoms. The van der Waals surface area contributed by atoms with Crippen LogP contribution in [0, 0.1) is 4.77 Å². The van der Waals surface area contributed by atoms with E-state index in [0.29, 0.717) is 45.7 Å². The third-order valence-corrected chi connectivity index (χ3v) is 4.60. The molecular weight excluding hydrogens is 436 g/mol. The van der Waals surface area contributed by atoms with Crippen molar-refractivity contribution in [3.05, 3.63) is 40.7 Å². The SMILES string of the molecule is COc1cc(/C=N/n2c(-c3cc(OC)c(OC)c(OC)c3)n[nH]c2=S)ccc1OC(C)=O. The van der Waals surface area contributed by atoms with Gasteiger partial charge in [0.1, 0.15) is 0 Å². The van der Waals surface area contributed by atoms with E-state index in [1.54, 1.807) is 36.5 Å². The number of benzene rings is 2. The van der Waals surface area contributed by atoms with Crippen LogP contribution in [0.4, 0.5) is 0 Å². The molecule has 1 N–H and O–H groups in total. The number of carbonyl (C=O) groups is 1. The number of H-pyrrole nitrogens is 1. The number of esters is 1. The van der Waals surface area contributed by atoms with Crippen molar-refractivity contribution < 1.29 is 28.5 Å². The lowest BCUT2D eigenvalue weighted by Crippen LogP contribution is -2.03. The van der Waals surface area contributed by atoms with Gasteiger partial charge in [0.15, 0.2) is 28.8 Å². The third-order valence-electron chi connectivity index (χ3n) is 4.34. The topological polar surface area (TPSA) is 109 Å². The Morgan fingerprint density at radius 1 is 1.00 bits per heavy atom. The first-order valence-corrected chi connectivity index (χ1v) is 9.71. The summed E-state index contributed by atoms with van der Waals surface area (Å²) in [4.78, 5) is 11.2. The van der Waals surface area contributed by atoms with Crippen molar-refractivity contribution in [2.24, 2.45) is 5.10 Å². The highest BCUT2D eigenvalue weighted by Crippen LogP contribution is 2.40. The quantitative estimate of drug-likeness (QED) is 0.237. The van der Waals surface area contributed by atoms with Crippen LogP contribution < -0.4 is 23.7 Å². The zero-order valence-electron chi connectivity index (χ0n) is 18.2. The molecule has 0 fully saturated rings. The number of nitrogens with zero attached hydrogens (tertiary/aromatic N) is 3. The first-order valence-electron chi connectivity index (χ1n) is 9.30. The van der Waals surface area contributed by atoms with Crippen LogP contribution in [-0.2, 0) is 4.79 Å². The van der Waals surface area contributed by atoms with Crippen molar-refractivity contribution in [3.8, 4) is 40.1 Å². The number of aromatic nitrogens is 3. The number of aromatic amines is 1. The molecule has 0 aliphatic heterocycles. The summed E-state index contributed by atoms with van der Waals surface area (Å²) >= 11 is 5.34. The molecule has 1 aromatic heterocycles. The molecule has 168 valence electrons. The average Bonchev–Trinajstić information content (AvgIpc) is 3.17. The minimum Gasteiger partial charge on any atom is -0.493 e. The van der Waals surface area contributed by atoms with E-state index < -0.39 is 5.97 Å². The highest BCUT2D eigenvalue weighted by Gasteiger charge is 2.17. The zero-order chi connectivity index (χ0) is 23.3. The molecule has 0 aliphatic rings. The van der Waals surface area contributed by atoms with Crippen molar-refractivity contribution in [1.29, 1.82) is 0 Å². The molecule has 0 unspecified atom stereocenters. The van der Waals surface area contributed by atoms with Crippen LogP contribution in [0.25, 0.3) is 11.4 Å². The van der Waals surface area contributed by atoms with Gasteiger partial charge in [0.05, 0.1) is 34.7 Å². The maximum absolute atomic E-state index is 11.2. The van der Waals surface area contributed by atoms with Gasteiger partial charge in [-0.05, 0) is 48.1 Å². The lowest BCUT2D eigenvalue weighted by atomic mass is 10.1. The minimum absolute atomic E-state index is 0.286. The van der Waals surface area contributed by atoms with Gasteiger partial charge >= 0.3 is 5.97 Å². The second-order valence-electron chi connectivity index (χ2n) is 6.33. The fourth-order valence-corrected chi connectivity index (χ4v) is 3.10. The van der Waals surface area contributed by atoms with Gasteiger partial charge in [-0.3, -0.25) is 4.79 Å². The fourth-order valence-electron chi connectivity index (χ4n) is 2.92. The van der Waals surface area contributed by atoms with Crippen molar-refractivity contribution in [1.82, 2.24) is 14.9 Å². The lowest BCUT2D eigenvalue weighted by Gasteiger charge is -2.13. The van der Waals surface area contributed by atoms with Crippen LogP contribution in [-0.4, -0.2) is 55.5 Å². The van der Waals surface area contributed by atoms with Crippen molar-refractivity contribution in [3.63, 3.8) is 0 Å². The van der Waals surface area contributed by atoms with Crippen LogP contribution in [0.3, 0.4) is 0 Å². The Morgan fingerprint density at radius 3 is 2.22 bits per heavy atom. The molecular formula is C21H22N4O6S. The van der Waals surface area contributed by atoms with Gasteiger partial charge in [0.2, 0.25) is 10.5 Å². The summed E-state index contributed by atoms with van der Waals surface area (Å²) in [5, 5.41) is 11.5. The Hall–Kier alpha value is -3.86. The van der Waals surface area contributed by atoms with Gasteiger partial charge < -0.3 is 23.7 Å². The van der Waals surface area contributed by atoms with Gasteiger partial charge in [0.25, 0.3) is 0 Å². The first-order chi connectivity index (χ1) is 15.4. The molecule has 0 saturated carbocycles. The van der Waals surface area contributed by atoms with Gasteiger partial charge in [-0.2, -0.15) is 14.9 Å². The number of hydrogen-bond donors (Lipinski definition) is 1. The third kappa shape index (κ3) is 4.72. The van der Waals surface area contributed by atoms with Crippen LogP contribution >= 0.6 is 12.2 Å². The molecule has 0 radical (unpaired) electrons. The molecule has 1 heterocycles. The Bertz CT molecular complexity index is 1190. The van der Waals surface area contributed by atoms with Gasteiger partial charge in [0, 0.05) is 12.5 Å². The summed E-state index contributed by atoms with van der Waals surface area (Å²) in [6.45, 7) is 1.32. The summed E-state index contributed by atoms with van der Waals surface area (Å²) in [6.07, 6.45) is 1.58. The van der Waals surface area contributed by atoms with Crippen molar-refractivity contribution in [2.75, 3.05) is 28.4 Å². The van der Waals surface area contributed by atoms with E-state index in [2.05, 4.69) is 15.3 Å². The van der Waals surface area contributed by atoms with Gasteiger partial charge in [-0.1, -0.05) is 0 Å². The summed E-state index contributed by atoms with van der Waals surface area (Å²) in [6, 6.07) is 8.53. The molecule has 0 saturated heterocycles. The maximum atomic E-state index is 11.2. The molecule has 32 heavy (non-hydrogen) atoms. The zero-order valence-corrected chi connectivity index (χ0v) is 19.0. The van der Waals surface area contributed by atoms with Crippen LogP contribution in [0.1, 0.15) is 12.5 Å². The molecule has 0 atom stereocenters. The number of ether oxygens (including phenoxy) is 5. The highest BCUT2D eigenvalue weighted by molar-refractivity contribution is 7.71. The predicted octanol–water partition coefficient (Wildman–Crippen LogP) is 3.45. The molecule has 0 amide bonds. The van der Waals surface area contributed by atoms with E-state index in [9.17, 15) is 4.79 Å². The van der Waals surface area contributed by atoms with Crippen LogP contribution in [0.2, 0.25) is 0 Å². The maximum Gasteiger partial charge on any atom is 0.308 e. The lowest BCUT2D eigenvalue weighted by molar-refractivity contribution is -0.132. The molecule has 3 rings (SSSR count). The number of nitrogens with one attached hydrogen (secondary N) is 1. The van der Waals surface area contributed by atoms with E-state index in [1.807, 2.05) is 0 Å². The number of hydrogen-bond acceptors (Lipinski definition) is 9. The number of rotatable bonds is 8. The minimum atomic E-state index is -0.440. The molecule has 0 aliphatic carbocycles. The molecule has 0 spiro atoms. The normalized spacial score (nSPS) is 10.8. The van der Waals surface area contributed by atoms with E-state index in [0.717, 1.165) is 0 Å². The fraction of sp³-hybridized carbons (Fsp3) is 0.238. The molecule has 3 aromatic rings. The Morgan fingerprint density at radius 2 is 1.66 bits per heavy atom. The standard InChI is InChI=1S/C21H22N4O6S/c1-12(26)31-15-7-6-13(8-16(15)27-2)11-22-25-20(23-24-21(25)32)14-9-17(28-3)19(30-5)18(10-14)29-4/h6-11H,1-5H3,(H,24,32)/b22-11+. The predicted molar refractivity (Wildman–Crippen MR) is 120 cm³/mol. The molecule has 11 heteroatoms. The number of methoxy groups -OCH3 is 4. The van der Waals surface area contributed by atoms with E-state index in [4.69, 9.17) is 35.9 Å². The Kier molecular flexibility index (Phi) is 7.11. The largest absolute Gasteiger partial charge is 0.493 e. The smallest absolute Gasteiger partial charge is 0.308 e. The summed E-state index contributed by atoms with van der Waals surface area (Å²) in [7, 11) is 6.08. The Labute approximate surface area is 189 Å². The monoisotopic (exact) mass is 458 g/mol. The first kappa shape index (κ1) is 22.8. The summed E-state index contributed by atoms with van der Waals surface area (Å²) in [5.74, 6) is 2.11. The van der Waals surface area contributed by atoms with Gasteiger partial charge in [-0.25, -0.2) is 5.10 Å². The van der Waals surface area contributed by atoms with Crippen molar-refractivity contribution in [2.45, 2.75) is 6.92 Å². The molecule has 2 aromatic carbocycles. The van der Waals surface area contributed by atoms with Crippen LogP contribution in [0.15, 0.2) is 35.4 Å². The summed E-state index contributed by atoms with van der Waals surface area (Å²) < 4.78 is 28.4. The van der Waals surface area contributed by atoms with E-state index in [-0.39, 0.29) is 4.77 Å². The van der Waals surface area contributed by atoms with Gasteiger partial charge in [-0.15, -0.1) is 0 Å². The van der Waals surface area contributed by atoms with Crippen molar-refractivity contribution >= 4 is 24.4 Å². The van der Waals surface area contributed by atoms with Crippen LogP contribution in [0.5, 0.6) is 28.7 Å². The van der Waals surface area contributed by atoms with E-state index >= 15 is 0 Å². The summed E-state index contributed by atoms with van der Waals surface area (Å²) in [5.41, 5.74) is 1.34.